The highest BCUT2D eigenvalue weighted by molar-refractivity contribution is 5.88. The molecule has 0 aromatic carbocycles. The number of carbonyl (C=O) groups is 2. The van der Waals surface area contributed by atoms with Crippen molar-refractivity contribution < 1.29 is 9.59 Å². The molecule has 0 aliphatic heterocycles. The van der Waals surface area contributed by atoms with Gasteiger partial charge in [-0.25, -0.2) is 0 Å². The SMILES string of the molecule is CC(C)(C)NC(=O)CNC(=O)C12CC3CC(CC(C3)C1)C2. The van der Waals surface area contributed by atoms with E-state index in [0.717, 1.165) is 37.0 Å². The van der Waals surface area contributed by atoms with Crippen molar-refractivity contribution in [3.05, 3.63) is 0 Å². The Balaban J connectivity index is 1.57. The Morgan fingerprint density at radius 2 is 1.48 bits per heavy atom. The van der Waals surface area contributed by atoms with Crippen LogP contribution in [-0.4, -0.2) is 23.9 Å². The number of amides is 2. The standard InChI is InChI=1S/C17H28N2O2/c1-16(2,3)19-14(20)10-18-15(21)17-7-11-4-12(8-17)6-13(5-11)9-17/h11-13H,4-10H2,1-3H3,(H,18,21)(H,19,20). The lowest BCUT2D eigenvalue weighted by Crippen LogP contribution is -2.55. The molecule has 4 saturated carbocycles. The van der Waals surface area contributed by atoms with Gasteiger partial charge in [-0.2, -0.15) is 0 Å². The average molecular weight is 292 g/mol. The second-order valence-corrected chi connectivity index (χ2v) is 8.68. The molecule has 4 aliphatic carbocycles. The summed E-state index contributed by atoms with van der Waals surface area (Å²) in [4.78, 5) is 24.5. The van der Waals surface area contributed by atoms with Crippen molar-refractivity contribution in [3.63, 3.8) is 0 Å². The van der Waals surface area contributed by atoms with Gasteiger partial charge in [0.15, 0.2) is 0 Å². The third kappa shape index (κ3) is 3.09. The second kappa shape index (κ2) is 4.99. The summed E-state index contributed by atoms with van der Waals surface area (Å²) in [5.41, 5.74) is -0.404. The fourth-order valence-corrected chi connectivity index (χ4v) is 5.20. The van der Waals surface area contributed by atoms with Gasteiger partial charge in [-0.3, -0.25) is 9.59 Å². The van der Waals surface area contributed by atoms with E-state index < -0.39 is 0 Å². The van der Waals surface area contributed by atoms with Gasteiger partial charge in [-0.15, -0.1) is 0 Å². The van der Waals surface area contributed by atoms with E-state index in [2.05, 4.69) is 10.6 Å². The molecule has 0 heterocycles. The average Bonchev–Trinajstić information content (AvgIpc) is 2.32. The molecule has 0 atom stereocenters. The first-order valence-electron chi connectivity index (χ1n) is 8.35. The van der Waals surface area contributed by atoms with Gasteiger partial charge < -0.3 is 10.6 Å². The largest absolute Gasteiger partial charge is 0.350 e. The molecule has 0 spiro atoms. The Labute approximate surface area is 127 Å². The molecular weight excluding hydrogens is 264 g/mol. The van der Waals surface area contributed by atoms with E-state index in [4.69, 9.17) is 0 Å². The van der Waals surface area contributed by atoms with Crippen LogP contribution in [0.1, 0.15) is 59.3 Å². The molecule has 0 saturated heterocycles. The summed E-state index contributed by atoms with van der Waals surface area (Å²) in [6, 6.07) is 0. The minimum Gasteiger partial charge on any atom is -0.350 e. The summed E-state index contributed by atoms with van der Waals surface area (Å²) >= 11 is 0. The van der Waals surface area contributed by atoms with Crippen LogP contribution in [0.5, 0.6) is 0 Å². The van der Waals surface area contributed by atoms with Crippen LogP contribution in [-0.2, 0) is 9.59 Å². The Morgan fingerprint density at radius 3 is 1.90 bits per heavy atom. The van der Waals surface area contributed by atoms with Gasteiger partial charge in [0.25, 0.3) is 0 Å². The lowest BCUT2D eigenvalue weighted by Gasteiger charge is -2.55. The quantitative estimate of drug-likeness (QED) is 0.838. The normalized spacial score (nSPS) is 37.4. The summed E-state index contributed by atoms with van der Waals surface area (Å²) in [7, 11) is 0. The van der Waals surface area contributed by atoms with Gasteiger partial charge in [0.1, 0.15) is 0 Å². The topological polar surface area (TPSA) is 58.2 Å². The number of rotatable bonds is 3. The smallest absolute Gasteiger partial charge is 0.239 e. The third-order valence-corrected chi connectivity index (χ3v) is 5.44. The molecule has 4 aliphatic rings. The summed E-state index contributed by atoms with van der Waals surface area (Å²) in [6.45, 7) is 5.96. The molecule has 4 nitrogen and oxygen atoms in total. The van der Waals surface area contributed by atoms with Crippen LogP contribution in [0.15, 0.2) is 0 Å². The maximum absolute atomic E-state index is 12.7. The Kier molecular flexibility index (Phi) is 3.53. The van der Waals surface area contributed by atoms with E-state index in [0.29, 0.717) is 0 Å². The van der Waals surface area contributed by atoms with Gasteiger partial charge in [0.05, 0.1) is 6.54 Å². The molecule has 4 fully saturated rings. The van der Waals surface area contributed by atoms with Gasteiger partial charge >= 0.3 is 0 Å². The number of hydrogen-bond acceptors (Lipinski definition) is 2. The zero-order valence-electron chi connectivity index (χ0n) is 13.5. The van der Waals surface area contributed by atoms with E-state index in [9.17, 15) is 9.59 Å². The van der Waals surface area contributed by atoms with E-state index >= 15 is 0 Å². The molecule has 4 bridgehead atoms. The Hall–Kier alpha value is -1.06. The fraction of sp³-hybridized carbons (Fsp3) is 0.882. The number of nitrogens with one attached hydrogen (secondary N) is 2. The van der Waals surface area contributed by atoms with Crippen molar-refractivity contribution in [2.45, 2.75) is 64.8 Å². The van der Waals surface area contributed by atoms with Gasteiger partial charge in [-0.05, 0) is 77.0 Å². The lowest BCUT2D eigenvalue weighted by molar-refractivity contribution is -0.147. The van der Waals surface area contributed by atoms with E-state index in [1.165, 1.54) is 19.3 Å². The van der Waals surface area contributed by atoms with E-state index in [-0.39, 0.29) is 29.3 Å². The molecule has 4 heteroatoms. The van der Waals surface area contributed by atoms with Crippen LogP contribution in [0, 0.1) is 23.2 Å². The molecule has 0 aromatic rings. The molecule has 0 unspecified atom stereocenters. The van der Waals surface area contributed by atoms with Crippen molar-refractivity contribution in [2.75, 3.05) is 6.54 Å². The molecule has 0 aromatic heterocycles. The lowest BCUT2D eigenvalue weighted by atomic mass is 9.49. The molecule has 2 N–H and O–H groups in total. The Bertz CT molecular complexity index is 415. The molecular formula is C17H28N2O2. The first-order chi connectivity index (χ1) is 9.76. The highest BCUT2D eigenvalue weighted by atomic mass is 16.2. The monoisotopic (exact) mass is 292 g/mol. The maximum atomic E-state index is 12.7. The first-order valence-corrected chi connectivity index (χ1v) is 8.35. The van der Waals surface area contributed by atoms with Crippen LogP contribution < -0.4 is 10.6 Å². The van der Waals surface area contributed by atoms with Crippen molar-refractivity contribution in [2.24, 2.45) is 23.2 Å². The number of carbonyl (C=O) groups excluding carboxylic acids is 2. The predicted octanol–water partition coefficient (Wildman–Crippen LogP) is 2.23. The van der Waals surface area contributed by atoms with Gasteiger partial charge in [-0.1, -0.05) is 0 Å². The Morgan fingerprint density at radius 1 is 1.00 bits per heavy atom. The zero-order valence-corrected chi connectivity index (χ0v) is 13.5. The van der Waals surface area contributed by atoms with Crippen LogP contribution >= 0.6 is 0 Å². The minimum atomic E-state index is -0.248. The summed E-state index contributed by atoms with van der Waals surface area (Å²) < 4.78 is 0. The van der Waals surface area contributed by atoms with Crippen molar-refractivity contribution in [1.82, 2.24) is 10.6 Å². The third-order valence-electron chi connectivity index (χ3n) is 5.44. The van der Waals surface area contributed by atoms with Gasteiger partial charge in [0.2, 0.25) is 11.8 Å². The van der Waals surface area contributed by atoms with E-state index in [1.54, 1.807) is 0 Å². The molecule has 0 radical (unpaired) electrons. The van der Waals surface area contributed by atoms with Crippen molar-refractivity contribution >= 4 is 11.8 Å². The number of hydrogen-bond donors (Lipinski definition) is 2. The summed E-state index contributed by atoms with van der Waals surface area (Å²) in [5.74, 6) is 2.30. The van der Waals surface area contributed by atoms with Crippen LogP contribution in [0.4, 0.5) is 0 Å². The minimum absolute atomic E-state index is 0.0967. The van der Waals surface area contributed by atoms with Crippen LogP contribution in [0.2, 0.25) is 0 Å². The highest BCUT2D eigenvalue weighted by Gasteiger charge is 2.54. The first kappa shape index (κ1) is 14.9. The van der Waals surface area contributed by atoms with E-state index in [1.807, 2.05) is 20.8 Å². The maximum Gasteiger partial charge on any atom is 0.239 e. The fourth-order valence-electron chi connectivity index (χ4n) is 5.20. The summed E-state index contributed by atoms with van der Waals surface area (Å²) in [6.07, 6.45) is 7.13. The molecule has 118 valence electrons. The van der Waals surface area contributed by atoms with Crippen molar-refractivity contribution in [3.8, 4) is 0 Å². The highest BCUT2D eigenvalue weighted by Crippen LogP contribution is 2.60. The zero-order chi connectivity index (χ0) is 15.3. The predicted molar refractivity (Wildman–Crippen MR) is 81.5 cm³/mol. The van der Waals surface area contributed by atoms with Crippen LogP contribution in [0.25, 0.3) is 0 Å². The summed E-state index contributed by atoms with van der Waals surface area (Å²) in [5, 5.41) is 5.81. The molecule has 4 rings (SSSR count). The molecule has 2 amide bonds. The van der Waals surface area contributed by atoms with Gasteiger partial charge in [0, 0.05) is 11.0 Å². The second-order valence-electron chi connectivity index (χ2n) is 8.68. The van der Waals surface area contributed by atoms with Crippen LogP contribution in [0.3, 0.4) is 0 Å². The molecule has 21 heavy (non-hydrogen) atoms. The van der Waals surface area contributed by atoms with Crippen molar-refractivity contribution in [1.29, 1.82) is 0 Å².